The Morgan fingerprint density at radius 1 is 1.32 bits per heavy atom. The molecule has 0 spiro atoms. The van der Waals surface area contributed by atoms with E-state index in [1.165, 1.54) is 0 Å². The minimum Gasteiger partial charge on any atom is -0.447 e. The highest BCUT2D eigenvalue weighted by atomic mass is 16.6. The van der Waals surface area contributed by atoms with Crippen molar-refractivity contribution in [2.45, 2.75) is 26.8 Å². The van der Waals surface area contributed by atoms with Gasteiger partial charge in [-0.3, -0.25) is 4.98 Å². The number of hydrogen-bond acceptors (Lipinski definition) is 4. The van der Waals surface area contributed by atoms with Gasteiger partial charge < -0.3 is 10.1 Å². The van der Waals surface area contributed by atoms with E-state index < -0.39 is 6.09 Å². The fourth-order valence-electron chi connectivity index (χ4n) is 1.85. The van der Waals surface area contributed by atoms with Crippen molar-refractivity contribution < 1.29 is 9.53 Å². The molecule has 1 fully saturated rings. The topological polar surface area (TPSA) is 64.1 Å². The SMILES string of the molecule is C=CC.CC.O=C1N[C@H](c2cncc(C#Cc3ccccn3)c2)CO1. The zero-order valence-electron chi connectivity index (χ0n) is 14.8. The molecule has 2 aromatic heterocycles. The molecule has 0 radical (unpaired) electrons. The number of ether oxygens (including phenoxy) is 1. The maximum atomic E-state index is 11.0. The molecular formula is C20H23N3O2. The Kier molecular flexibility index (Phi) is 9.09. The molecule has 0 aromatic carbocycles. The van der Waals surface area contributed by atoms with Crippen molar-refractivity contribution in [3.05, 3.63) is 72.3 Å². The van der Waals surface area contributed by atoms with Crippen LogP contribution in [-0.2, 0) is 4.74 Å². The Balaban J connectivity index is 0.000000567. The molecular weight excluding hydrogens is 314 g/mol. The zero-order chi connectivity index (χ0) is 18.5. The highest BCUT2D eigenvalue weighted by molar-refractivity contribution is 5.70. The molecule has 1 N–H and O–H groups in total. The molecule has 130 valence electrons. The summed E-state index contributed by atoms with van der Waals surface area (Å²) in [6.45, 7) is 9.57. The van der Waals surface area contributed by atoms with Crippen LogP contribution in [0, 0.1) is 11.8 Å². The summed E-state index contributed by atoms with van der Waals surface area (Å²) < 4.78 is 4.87. The number of carbonyl (C=O) groups is 1. The number of carbonyl (C=O) groups excluding carboxylic acids is 1. The summed E-state index contributed by atoms with van der Waals surface area (Å²) in [5.74, 6) is 5.98. The van der Waals surface area contributed by atoms with Crippen LogP contribution in [0.15, 0.2) is 55.5 Å². The van der Waals surface area contributed by atoms with E-state index in [4.69, 9.17) is 4.74 Å². The highest BCUT2D eigenvalue weighted by Gasteiger charge is 2.23. The first kappa shape index (κ1) is 19.9. The lowest BCUT2D eigenvalue weighted by Gasteiger charge is -2.06. The van der Waals surface area contributed by atoms with Crippen LogP contribution in [0.3, 0.4) is 0 Å². The number of hydrogen-bond donors (Lipinski definition) is 1. The molecule has 5 nitrogen and oxygen atoms in total. The first-order valence-corrected chi connectivity index (χ1v) is 8.11. The Morgan fingerprint density at radius 3 is 2.68 bits per heavy atom. The summed E-state index contributed by atoms with van der Waals surface area (Å²) in [5.41, 5.74) is 2.35. The molecule has 0 unspecified atom stereocenters. The Hall–Kier alpha value is -3.13. The predicted molar refractivity (Wildman–Crippen MR) is 98.9 cm³/mol. The van der Waals surface area contributed by atoms with Gasteiger partial charge in [-0.05, 0) is 36.6 Å². The highest BCUT2D eigenvalue weighted by Crippen LogP contribution is 2.17. The Bertz CT molecular complexity index is 733. The second kappa shape index (κ2) is 11.4. The lowest BCUT2D eigenvalue weighted by atomic mass is 10.1. The van der Waals surface area contributed by atoms with Crippen molar-refractivity contribution in [2.24, 2.45) is 0 Å². The molecule has 0 aliphatic carbocycles. The minimum absolute atomic E-state index is 0.161. The van der Waals surface area contributed by atoms with E-state index in [0.29, 0.717) is 12.3 Å². The molecule has 0 bridgehead atoms. The van der Waals surface area contributed by atoms with E-state index in [1.54, 1.807) is 24.7 Å². The van der Waals surface area contributed by atoms with Crippen molar-refractivity contribution in [1.82, 2.24) is 15.3 Å². The van der Waals surface area contributed by atoms with Crippen LogP contribution in [0.4, 0.5) is 4.79 Å². The smallest absolute Gasteiger partial charge is 0.407 e. The molecule has 3 heterocycles. The quantitative estimate of drug-likeness (QED) is 0.634. The summed E-state index contributed by atoms with van der Waals surface area (Å²) in [7, 11) is 0. The fourth-order valence-corrected chi connectivity index (χ4v) is 1.85. The summed E-state index contributed by atoms with van der Waals surface area (Å²) in [5, 5.41) is 2.71. The van der Waals surface area contributed by atoms with Crippen molar-refractivity contribution >= 4 is 6.09 Å². The lowest BCUT2D eigenvalue weighted by Crippen LogP contribution is -2.18. The maximum absolute atomic E-state index is 11.0. The second-order valence-corrected chi connectivity index (χ2v) is 4.68. The van der Waals surface area contributed by atoms with E-state index in [9.17, 15) is 4.79 Å². The van der Waals surface area contributed by atoms with Crippen LogP contribution >= 0.6 is 0 Å². The number of cyclic esters (lactones) is 1. The molecule has 25 heavy (non-hydrogen) atoms. The molecule has 3 rings (SSSR count). The van der Waals surface area contributed by atoms with E-state index in [2.05, 4.69) is 33.7 Å². The zero-order valence-corrected chi connectivity index (χ0v) is 14.8. The molecule has 1 aliphatic rings. The van der Waals surface area contributed by atoms with Gasteiger partial charge in [-0.15, -0.1) is 6.58 Å². The van der Waals surface area contributed by atoms with Crippen molar-refractivity contribution in [3.8, 4) is 11.8 Å². The van der Waals surface area contributed by atoms with Gasteiger partial charge in [0.1, 0.15) is 12.3 Å². The van der Waals surface area contributed by atoms with Gasteiger partial charge in [0.05, 0.1) is 6.04 Å². The maximum Gasteiger partial charge on any atom is 0.407 e. The monoisotopic (exact) mass is 337 g/mol. The number of rotatable bonds is 1. The van der Waals surface area contributed by atoms with Crippen LogP contribution in [0.5, 0.6) is 0 Å². The molecule has 1 aliphatic heterocycles. The van der Waals surface area contributed by atoms with Gasteiger partial charge in [0.25, 0.3) is 0 Å². The average molecular weight is 337 g/mol. The summed E-state index contributed by atoms with van der Waals surface area (Å²) in [4.78, 5) is 19.3. The third-order valence-electron chi connectivity index (χ3n) is 2.83. The first-order valence-electron chi connectivity index (χ1n) is 8.11. The standard InChI is InChI=1S/C15H11N3O2.C3H6.C2H6/c19-15-18-14(10-20-15)12-7-11(8-16-9-12)4-5-13-3-1-2-6-17-13;1-3-2;1-2/h1-3,6-9,14H,10H2,(H,18,19);3H,1H2,2H3;1-2H3/t14-;;/m0../s1. The largest absolute Gasteiger partial charge is 0.447 e. The average Bonchev–Trinajstić information content (AvgIpc) is 3.10. The van der Waals surface area contributed by atoms with E-state index in [1.807, 2.05) is 45.0 Å². The lowest BCUT2D eigenvalue weighted by molar-refractivity contribution is 0.177. The van der Waals surface area contributed by atoms with E-state index in [-0.39, 0.29) is 6.04 Å². The summed E-state index contributed by atoms with van der Waals surface area (Å²) >= 11 is 0. The van der Waals surface area contributed by atoms with Crippen LogP contribution in [0.2, 0.25) is 0 Å². The number of pyridine rings is 2. The summed E-state index contributed by atoms with van der Waals surface area (Å²) in [6, 6.07) is 7.30. The van der Waals surface area contributed by atoms with Crippen LogP contribution in [0.1, 0.15) is 43.6 Å². The predicted octanol–water partition coefficient (Wildman–Crippen LogP) is 3.88. The van der Waals surface area contributed by atoms with Crippen LogP contribution < -0.4 is 5.32 Å². The number of alkyl carbamates (subject to hydrolysis) is 1. The number of allylic oxidation sites excluding steroid dienone is 1. The van der Waals surface area contributed by atoms with Gasteiger partial charge in [0.2, 0.25) is 0 Å². The van der Waals surface area contributed by atoms with Crippen molar-refractivity contribution in [2.75, 3.05) is 6.61 Å². The van der Waals surface area contributed by atoms with Crippen molar-refractivity contribution in [3.63, 3.8) is 0 Å². The fraction of sp³-hybridized carbons (Fsp3) is 0.250. The molecule has 1 atom stereocenters. The number of nitrogens with one attached hydrogen (secondary N) is 1. The third kappa shape index (κ3) is 6.88. The van der Waals surface area contributed by atoms with Gasteiger partial charge in [-0.1, -0.05) is 31.9 Å². The van der Waals surface area contributed by atoms with Gasteiger partial charge >= 0.3 is 6.09 Å². The molecule has 0 saturated carbocycles. The van der Waals surface area contributed by atoms with Gasteiger partial charge in [-0.25, -0.2) is 9.78 Å². The normalized spacial score (nSPS) is 14.2. The second-order valence-electron chi connectivity index (χ2n) is 4.68. The first-order chi connectivity index (χ1) is 12.2. The Labute approximate surface area is 149 Å². The Morgan fingerprint density at radius 2 is 2.08 bits per heavy atom. The number of nitrogens with zero attached hydrogens (tertiary/aromatic N) is 2. The van der Waals surface area contributed by atoms with Crippen molar-refractivity contribution in [1.29, 1.82) is 0 Å². The summed E-state index contributed by atoms with van der Waals surface area (Å²) in [6.07, 6.45) is 6.42. The molecule has 1 amide bonds. The third-order valence-corrected chi connectivity index (χ3v) is 2.83. The number of aromatic nitrogens is 2. The molecule has 1 saturated heterocycles. The van der Waals surface area contributed by atoms with Crippen LogP contribution in [0.25, 0.3) is 0 Å². The van der Waals surface area contributed by atoms with Gasteiger partial charge in [0.15, 0.2) is 0 Å². The number of amides is 1. The van der Waals surface area contributed by atoms with E-state index in [0.717, 1.165) is 11.1 Å². The minimum atomic E-state index is -0.403. The van der Waals surface area contributed by atoms with E-state index >= 15 is 0 Å². The van der Waals surface area contributed by atoms with Gasteiger partial charge in [-0.2, -0.15) is 0 Å². The molecule has 2 aromatic rings. The van der Waals surface area contributed by atoms with Crippen LogP contribution in [-0.4, -0.2) is 22.7 Å². The molecule has 5 heteroatoms. The van der Waals surface area contributed by atoms with Gasteiger partial charge in [0, 0.05) is 24.2 Å².